The van der Waals surface area contributed by atoms with Crippen molar-refractivity contribution in [3.05, 3.63) is 59.8 Å². The van der Waals surface area contributed by atoms with Gasteiger partial charge in [-0.15, -0.1) is 0 Å². The van der Waals surface area contributed by atoms with Crippen LogP contribution in [0.25, 0.3) is 0 Å². The largest absolute Gasteiger partial charge is 0.323 e. The molecule has 2 aliphatic heterocycles. The lowest BCUT2D eigenvalue weighted by Crippen LogP contribution is -2.50. The minimum Gasteiger partial charge on any atom is -0.317 e. The summed E-state index contributed by atoms with van der Waals surface area (Å²) in [5, 5.41) is 2.92. The number of hydrogen-bond donors (Lipinski definition) is 1. The van der Waals surface area contributed by atoms with E-state index in [4.69, 9.17) is 0 Å². The number of aromatic nitrogens is 1. The fourth-order valence-corrected chi connectivity index (χ4v) is 3.63. The molecule has 1 saturated heterocycles. The summed E-state index contributed by atoms with van der Waals surface area (Å²) in [6, 6.07) is 14.8. The topological polar surface area (TPSA) is 48.5 Å². The summed E-state index contributed by atoms with van der Waals surface area (Å²) in [6.45, 7) is 3.72. The van der Waals surface area contributed by atoms with Crippen LogP contribution in [-0.4, -0.2) is 39.9 Å². The van der Waals surface area contributed by atoms with Crippen molar-refractivity contribution in [3.63, 3.8) is 0 Å². The van der Waals surface area contributed by atoms with Gasteiger partial charge in [-0.05, 0) is 24.5 Å². The maximum absolute atomic E-state index is 12.4. The number of pyridine rings is 1. The van der Waals surface area contributed by atoms with Crippen LogP contribution >= 0.6 is 0 Å². The Morgan fingerprint density at radius 1 is 1.08 bits per heavy atom. The SMILES string of the molecule is O=C1Nc2ncccc2CN1C1CCN(Cc2ccccc2)CC1. The van der Waals surface area contributed by atoms with E-state index in [1.54, 1.807) is 6.20 Å². The molecule has 5 heteroatoms. The summed E-state index contributed by atoms with van der Waals surface area (Å²) in [6.07, 6.45) is 3.77. The predicted octanol–water partition coefficient (Wildman–Crippen LogP) is 3.09. The van der Waals surface area contributed by atoms with Crippen molar-refractivity contribution in [1.82, 2.24) is 14.8 Å². The van der Waals surface area contributed by atoms with Crippen LogP contribution in [0.15, 0.2) is 48.7 Å². The van der Waals surface area contributed by atoms with E-state index < -0.39 is 0 Å². The van der Waals surface area contributed by atoms with Gasteiger partial charge in [0.2, 0.25) is 0 Å². The van der Waals surface area contributed by atoms with Gasteiger partial charge in [0, 0.05) is 37.4 Å². The molecular formula is C19H22N4O. The highest BCUT2D eigenvalue weighted by Crippen LogP contribution is 2.26. The van der Waals surface area contributed by atoms with Crippen molar-refractivity contribution in [3.8, 4) is 0 Å². The van der Waals surface area contributed by atoms with Crippen LogP contribution < -0.4 is 5.32 Å². The third kappa shape index (κ3) is 3.12. The molecule has 1 N–H and O–H groups in total. The second-order valence-corrected chi connectivity index (χ2v) is 6.56. The lowest BCUT2D eigenvalue weighted by molar-refractivity contribution is 0.118. The van der Waals surface area contributed by atoms with E-state index in [-0.39, 0.29) is 6.03 Å². The molecule has 0 unspecified atom stereocenters. The van der Waals surface area contributed by atoms with Gasteiger partial charge in [-0.3, -0.25) is 10.2 Å². The van der Waals surface area contributed by atoms with Gasteiger partial charge in [0.05, 0.1) is 6.54 Å². The van der Waals surface area contributed by atoms with Gasteiger partial charge in [0.15, 0.2) is 0 Å². The van der Waals surface area contributed by atoms with Crippen molar-refractivity contribution in [1.29, 1.82) is 0 Å². The van der Waals surface area contributed by atoms with Crippen LogP contribution in [-0.2, 0) is 13.1 Å². The van der Waals surface area contributed by atoms with Gasteiger partial charge in [-0.2, -0.15) is 0 Å². The van der Waals surface area contributed by atoms with E-state index in [1.807, 2.05) is 17.0 Å². The van der Waals surface area contributed by atoms with Gasteiger partial charge in [-0.25, -0.2) is 9.78 Å². The molecule has 3 heterocycles. The van der Waals surface area contributed by atoms with E-state index in [0.717, 1.165) is 38.0 Å². The molecule has 2 amide bonds. The van der Waals surface area contributed by atoms with E-state index in [1.165, 1.54) is 5.56 Å². The van der Waals surface area contributed by atoms with E-state index in [2.05, 4.69) is 45.5 Å². The standard InChI is InChI=1S/C19H22N4O/c24-19-21-18-16(7-4-10-20-18)14-23(19)17-8-11-22(12-9-17)13-15-5-2-1-3-6-15/h1-7,10,17H,8-9,11-14H2,(H,20,21,24). The Morgan fingerprint density at radius 3 is 2.67 bits per heavy atom. The first-order chi connectivity index (χ1) is 11.8. The summed E-state index contributed by atoms with van der Waals surface area (Å²) in [5.74, 6) is 0.709. The molecule has 2 aromatic rings. The summed E-state index contributed by atoms with van der Waals surface area (Å²) in [7, 11) is 0. The molecular weight excluding hydrogens is 300 g/mol. The summed E-state index contributed by atoms with van der Waals surface area (Å²) in [5.41, 5.74) is 2.45. The highest BCUT2D eigenvalue weighted by atomic mass is 16.2. The van der Waals surface area contributed by atoms with Gasteiger partial charge >= 0.3 is 6.03 Å². The van der Waals surface area contributed by atoms with Gasteiger partial charge in [-0.1, -0.05) is 36.4 Å². The molecule has 0 bridgehead atoms. The number of hydrogen-bond acceptors (Lipinski definition) is 3. The number of nitrogens with zero attached hydrogens (tertiary/aromatic N) is 3. The van der Waals surface area contributed by atoms with Crippen LogP contribution in [0.4, 0.5) is 10.6 Å². The first-order valence-electron chi connectivity index (χ1n) is 8.57. The number of fused-ring (bicyclic) bond motifs is 1. The van der Waals surface area contributed by atoms with Crippen LogP contribution in [0.2, 0.25) is 0 Å². The molecule has 24 heavy (non-hydrogen) atoms. The van der Waals surface area contributed by atoms with Gasteiger partial charge in [0.1, 0.15) is 5.82 Å². The molecule has 1 aromatic heterocycles. The maximum Gasteiger partial charge on any atom is 0.323 e. The van der Waals surface area contributed by atoms with Crippen molar-refractivity contribution in [2.75, 3.05) is 18.4 Å². The third-order valence-electron chi connectivity index (χ3n) is 4.97. The zero-order valence-corrected chi connectivity index (χ0v) is 13.7. The van der Waals surface area contributed by atoms with E-state index >= 15 is 0 Å². The summed E-state index contributed by atoms with van der Waals surface area (Å²) >= 11 is 0. The number of urea groups is 1. The van der Waals surface area contributed by atoms with Crippen molar-refractivity contribution in [2.45, 2.75) is 32.0 Å². The Balaban J connectivity index is 1.37. The number of likely N-dealkylation sites (tertiary alicyclic amines) is 1. The molecule has 4 rings (SSSR count). The first-order valence-corrected chi connectivity index (χ1v) is 8.57. The van der Waals surface area contributed by atoms with Gasteiger partial charge in [0.25, 0.3) is 0 Å². The highest BCUT2D eigenvalue weighted by Gasteiger charge is 2.31. The first kappa shape index (κ1) is 15.1. The Bertz CT molecular complexity index is 710. The lowest BCUT2D eigenvalue weighted by atomic mass is 10.0. The van der Waals surface area contributed by atoms with Crippen LogP contribution in [0, 0.1) is 0 Å². The lowest BCUT2D eigenvalue weighted by Gasteiger charge is -2.40. The Hall–Kier alpha value is -2.40. The van der Waals surface area contributed by atoms with Gasteiger partial charge < -0.3 is 4.90 Å². The number of carbonyl (C=O) groups is 1. The number of anilines is 1. The second-order valence-electron chi connectivity index (χ2n) is 6.56. The molecule has 0 spiro atoms. The van der Waals surface area contributed by atoms with Crippen molar-refractivity contribution >= 4 is 11.8 Å². The fraction of sp³-hybridized carbons (Fsp3) is 0.368. The Morgan fingerprint density at radius 2 is 1.88 bits per heavy atom. The summed E-state index contributed by atoms with van der Waals surface area (Å²) < 4.78 is 0. The zero-order chi connectivity index (χ0) is 16.4. The molecule has 124 valence electrons. The number of amides is 2. The minimum absolute atomic E-state index is 0.0114. The van der Waals surface area contributed by atoms with Crippen LogP contribution in [0.5, 0.6) is 0 Å². The average Bonchev–Trinajstić information content (AvgIpc) is 2.63. The average molecular weight is 322 g/mol. The van der Waals surface area contributed by atoms with Crippen LogP contribution in [0.3, 0.4) is 0 Å². The zero-order valence-electron chi connectivity index (χ0n) is 13.7. The number of rotatable bonds is 3. The molecule has 1 fully saturated rings. The number of piperidine rings is 1. The number of benzene rings is 1. The molecule has 0 atom stereocenters. The number of nitrogens with one attached hydrogen (secondary N) is 1. The molecule has 0 aliphatic carbocycles. The van der Waals surface area contributed by atoms with Crippen molar-refractivity contribution < 1.29 is 4.79 Å². The molecule has 0 saturated carbocycles. The number of carbonyl (C=O) groups excluding carboxylic acids is 1. The molecule has 5 nitrogen and oxygen atoms in total. The van der Waals surface area contributed by atoms with E-state index in [9.17, 15) is 4.79 Å². The highest BCUT2D eigenvalue weighted by molar-refractivity contribution is 5.91. The molecule has 1 aromatic carbocycles. The predicted molar refractivity (Wildman–Crippen MR) is 93.5 cm³/mol. The molecule has 2 aliphatic rings. The fourth-order valence-electron chi connectivity index (χ4n) is 3.63. The minimum atomic E-state index is -0.0114. The summed E-state index contributed by atoms with van der Waals surface area (Å²) in [4.78, 5) is 21.1. The monoisotopic (exact) mass is 322 g/mol. The normalized spacial score (nSPS) is 19.0. The Kier molecular flexibility index (Phi) is 4.17. The quantitative estimate of drug-likeness (QED) is 0.944. The van der Waals surface area contributed by atoms with Crippen molar-refractivity contribution in [2.24, 2.45) is 0 Å². The smallest absolute Gasteiger partial charge is 0.317 e. The third-order valence-corrected chi connectivity index (χ3v) is 4.97. The maximum atomic E-state index is 12.4. The molecule has 0 radical (unpaired) electrons. The van der Waals surface area contributed by atoms with Crippen LogP contribution in [0.1, 0.15) is 24.0 Å². The van der Waals surface area contributed by atoms with E-state index in [0.29, 0.717) is 18.4 Å². The Labute approximate surface area is 142 Å². The second kappa shape index (κ2) is 6.61.